The fourth-order valence-corrected chi connectivity index (χ4v) is 6.45. The molecule has 39 heavy (non-hydrogen) atoms. The molecular formula is C28H26N6O3S2. The molecule has 0 N–H and O–H groups in total. The van der Waals surface area contributed by atoms with Gasteiger partial charge in [-0.3, -0.25) is 28.4 Å². The van der Waals surface area contributed by atoms with E-state index in [2.05, 4.69) is 4.90 Å². The maximum Gasteiger partial charge on any atom is 0.296 e. The summed E-state index contributed by atoms with van der Waals surface area (Å²) >= 11 is 6.69. The third-order valence-corrected chi connectivity index (χ3v) is 8.59. The number of rotatable bonds is 4. The van der Waals surface area contributed by atoms with E-state index in [4.69, 9.17) is 17.2 Å². The maximum atomic E-state index is 13.8. The molecule has 198 valence electrons. The Hall–Kier alpha value is -3.96. The molecule has 9 nitrogen and oxygen atoms in total. The lowest BCUT2D eigenvalue weighted by atomic mass is 10.2. The van der Waals surface area contributed by atoms with Gasteiger partial charge in [0.1, 0.15) is 17.2 Å². The summed E-state index contributed by atoms with van der Waals surface area (Å²) in [5.74, 6) is 0.136. The molecule has 2 fully saturated rings. The number of carbonyl (C=O) groups excluding carboxylic acids is 1. The highest BCUT2D eigenvalue weighted by Gasteiger charge is 2.38. The van der Waals surface area contributed by atoms with Gasteiger partial charge in [0.15, 0.2) is 4.32 Å². The lowest BCUT2D eigenvalue weighted by molar-refractivity contribution is -0.113. The molecule has 0 bridgehead atoms. The Labute approximate surface area is 234 Å². The molecule has 0 spiro atoms. The number of pyridine rings is 1. The Morgan fingerprint density at radius 1 is 0.974 bits per heavy atom. The molecule has 1 aromatic carbocycles. The van der Waals surface area contributed by atoms with E-state index < -0.39 is 5.91 Å². The van der Waals surface area contributed by atoms with Crippen molar-refractivity contribution in [3.8, 4) is 5.69 Å². The number of nitrogens with zero attached hydrogens (tertiary/aromatic N) is 6. The van der Waals surface area contributed by atoms with Crippen molar-refractivity contribution in [1.82, 2.24) is 18.7 Å². The van der Waals surface area contributed by atoms with Gasteiger partial charge >= 0.3 is 0 Å². The second kappa shape index (κ2) is 9.65. The van der Waals surface area contributed by atoms with Crippen LogP contribution in [0, 0.1) is 13.8 Å². The number of thioether (sulfide) groups is 1. The lowest BCUT2D eigenvalue weighted by Gasteiger charge is -2.20. The molecule has 5 heterocycles. The smallest absolute Gasteiger partial charge is 0.296 e. The molecule has 0 radical (unpaired) electrons. The molecule has 1 amide bonds. The molecular weight excluding hydrogens is 532 g/mol. The van der Waals surface area contributed by atoms with Gasteiger partial charge < -0.3 is 4.90 Å². The summed E-state index contributed by atoms with van der Waals surface area (Å²) in [5.41, 5.74) is 2.71. The highest BCUT2D eigenvalue weighted by atomic mass is 32.2. The largest absolute Gasteiger partial charge is 0.356 e. The third kappa shape index (κ3) is 4.04. The van der Waals surface area contributed by atoms with E-state index in [0.29, 0.717) is 28.4 Å². The first-order valence-electron chi connectivity index (χ1n) is 12.7. The van der Waals surface area contributed by atoms with E-state index in [1.54, 1.807) is 37.0 Å². The summed E-state index contributed by atoms with van der Waals surface area (Å²) in [6.45, 7) is 5.29. The van der Waals surface area contributed by atoms with Gasteiger partial charge in [-0.05, 0) is 56.5 Å². The molecule has 3 aromatic heterocycles. The van der Waals surface area contributed by atoms with Crippen molar-refractivity contribution in [1.29, 1.82) is 0 Å². The van der Waals surface area contributed by atoms with E-state index in [-0.39, 0.29) is 26.0 Å². The van der Waals surface area contributed by atoms with Gasteiger partial charge in [-0.1, -0.05) is 48.2 Å². The van der Waals surface area contributed by atoms with Crippen molar-refractivity contribution in [2.24, 2.45) is 7.05 Å². The van der Waals surface area contributed by atoms with Crippen LogP contribution in [0.1, 0.15) is 29.7 Å². The predicted octanol–water partition coefficient (Wildman–Crippen LogP) is 3.81. The molecule has 0 atom stereocenters. The van der Waals surface area contributed by atoms with Crippen molar-refractivity contribution in [3.05, 3.63) is 91.1 Å². The van der Waals surface area contributed by atoms with E-state index >= 15 is 0 Å². The molecule has 2 saturated heterocycles. The van der Waals surface area contributed by atoms with Gasteiger partial charge in [-0.25, -0.2) is 9.67 Å². The summed E-state index contributed by atoms with van der Waals surface area (Å²) in [7, 11) is 1.77. The number of benzene rings is 1. The number of aryl methyl sites for hydroxylation is 1. The van der Waals surface area contributed by atoms with Gasteiger partial charge in [-0.2, -0.15) is 0 Å². The number of thiocarbonyl (C=S) groups is 1. The number of fused-ring (bicyclic) bond motifs is 1. The number of carbonyl (C=O) groups is 1. The van der Waals surface area contributed by atoms with Crippen LogP contribution in [0.15, 0.2) is 63.2 Å². The number of aromatic nitrogens is 4. The Morgan fingerprint density at radius 3 is 2.41 bits per heavy atom. The van der Waals surface area contributed by atoms with Crippen molar-refractivity contribution in [2.45, 2.75) is 26.7 Å². The summed E-state index contributed by atoms with van der Waals surface area (Å²) in [4.78, 5) is 49.7. The van der Waals surface area contributed by atoms with Crippen molar-refractivity contribution >= 4 is 57.4 Å². The Kier molecular flexibility index (Phi) is 6.27. The first-order valence-corrected chi connectivity index (χ1v) is 13.9. The Bertz CT molecular complexity index is 1810. The fourth-order valence-electron chi connectivity index (χ4n) is 5.20. The molecule has 11 heteroatoms. The minimum Gasteiger partial charge on any atom is -0.356 e. The number of hydrogen-bond acceptors (Lipinski definition) is 7. The Morgan fingerprint density at radius 2 is 1.69 bits per heavy atom. The zero-order valence-electron chi connectivity index (χ0n) is 21.7. The van der Waals surface area contributed by atoms with Gasteiger partial charge in [0.2, 0.25) is 0 Å². The standard InChI is InChI=1S/C28H26N6O3S2/c1-17-10-9-15-32-23(17)29-24(31-13-7-8-14-31)20(25(32)35)16-21-26(36)33(28(38)39-21)22-18(2)30(3)34(27(22)37)19-11-5-4-6-12-19/h4-6,9-12,15-16H,7-8,13-14H2,1-3H3. The van der Waals surface area contributed by atoms with Crippen LogP contribution in [0.3, 0.4) is 0 Å². The number of anilines is 2. The summed E-state index contributed by atoms with van der Waals surface area (Å²) in [6.07, 6.45) is 5.30. The van der Waals surface area contributed by atoms with Crippen LogP contribution in [-0.2, 0) is 11.8 Å². The second-order valence-electron chi connectivity index (χ2n) is 9.66. The van der Waals surface area contributed by atoms with Crippen LogP contribution in [-0.4, -0.2) is 42.1 Å². The first kappa shape index (κ1) is 25.3. The van der Waals surface area contributed by atoms with Crippen LogP contribution in [0.5, 0.6) is 0 Å². The van der Waals surface area contributed by atoms with Gasteiger partial charge in [0, 0.05) is 26.3 Å². The minimum atomic E-state index is -0.433. The zero-order chi connectivity index (χ0) is 27.4. The number of amides is 1. The van der Waals surface area contributed by atoms with E-state index in [0.717, 1.165) is 43.3 Å². The van der Waals surface area contributed by atoms with Gasteiger partial charge in [-0.15, -0.1) is 0 Å². The SMILES string of the molecule is Cc1cccn2c(=O)c(C=C3SC(=S)N(c4c(C)n(C)n(-c5ccccc5)c4=O)C3=O)c(N3CCCC3)nc12. The average Bonchev–Trinajstić information content (AvgIpc) is 3.61. The third-order valence-electron chi connectivity index (χ3n) is 7.29. The summed E-state index contributed by atoms with van der Waals surface area (Å²) in [6, 6.07) is 13.0. The average molecular weight is 559 g/mol. The predicted molar refractivity (Wildman–Crippen MR) is 159 cm³/mol. The van der Waals surface area contributed by atoms with Crippen LogP contribution in [0.2, 0.25) is 0 Å². The highest BCUT2D eigenvalue weighted by Crippen LogP contribution is 2.37. The number of hydrogen-bond donors (Lipinski definition) is 0. The maximum absolute atomic E-state index is 13.8. The fraction of sp³-hybridized carbons (Fsp3) is 0.250. The monoisotopic (exact) mass is 558 g/mol. The zero-order valence-corrected chi connectivity index (χ0v) is 23.4. The van der Waals surface area contributed by atoms with Gasteiger partial charge in [0.25, 0.3) is 17.0 Å². The topological polar surface area (TPSA) is 84.8 Å². The molecule has 6 rings (SSSR count). The van der Waals surface area contributed by atoms with E-state index in [1.165, 1.54) is 14.0 Å². The Balaban J connectivity index is 1.48. The lowest BCUT2D eigenvalue weighted by Crippen LogP contribution is -2.33. The normalized spacial score (nSPS) is 16.8. The van der Waals surface area contributed by atoms with Gasteiger partial charge in [0.05, 0.1) is 21.8 Å². The molecule has 0 saturated carbocycles. The number of para-hydroxylation sites is 1. The summed E-state index contributed by atoms with van der Waals surface area (Å²) < 4.78 is 4.98. The van der Waals surface area contributed by atoms with Crippen LogP contribution in [0.4, 0.5) is 11.5 Å². The van der Waals surface area contributed by atoms with Crippen molar-refractivity contribution in [2.75, 3.05) is 22.9 Å². The van der Waals surface area contributed by atoms with Crippen molar-refractivity contribution < 1.29 is 4.79 Å². The van der Waals surface area contributed by atoms with Crippen LogP contribution >= 0.6 is 24.0 Å². The van der Waals surface area contributed by atoms with Crippen LogP contribution < -0.4 is 20.9 Å². The van der Waals surface area contributed by atoms with E-state index in [9.17, 15) is 14.4 Å². The molecule has 0 unspecified atom stereocenters. The molecule has 0 aliphatic carbocycles. The van der Waals surface area contributed by atoms with E-state index in [1.807, 2.05) is 43.3 Å². The van der Waals surface area contributed by atoms with Crippen LogP contribution in [0.25, 0.3) is 17.4 Å². The molecule has 4 aromatic rings. The second-order valence-corrected chi connectivity index (χ2v) is 11.3. The minimum absolute atomic E-state index is 0.205. The highest BCUT2D eigenvalue weighted by molar-refractivity contribution is 8.27. The first-order chi connectivity index (χ1) is 18.8. The molecule has 2 aliphatic rings. The van der Waals surface area contributed by atoms with Crippen molar-refractivity contribution in [3.63, 3.8) is 0 Å². The molecule has 2 aliphatic heterocycles. The quantitative estimate of drug-likeness (QED) is 0.278. The summed E-state index contributed by atoms with van der Waals surface area (Å²) in [5, 5.41) is 0.